The number of aliphatic hydroxyl groups excluding tert-OH is 1. The summed E-state index contributed by atoms with van der Waals surface area (Å²) in [6, 6.07) is 8.20. The van der Waals surface area contributed by atoms with Crippen LogP contribution in [0.5, 0.6) is 5.75 Å². The molecule has 0 aliphatic rings. The van der Waals surface area contributed by atoms with E-state index in [0.29, 0.717) is 0 Å². The predicted octanol–water partition coefficient (Wildman–Crippen LogP) is 4.67. The molecule has 0 bridgehead atoms. The minimum Gasteiger partial charge on any atom is -0.496 e. The monoisotopic (exact) mass is 304 g/mol. The molecule has 4 heteroatoms. The Kier molecular flexibility index (Phi) is 3.54. The Morgan fingerprint density at radius 3 is 2.40 bits per heavy atom. The zero-order chi connectivity index (χ0) is 14.3. The number of thiophene rings is 2. The van der Waals surface area contributed by atoms with Gasteiger partial charge >= 0.3 is 0 Å². The van der Waals surface area contributed by atoms with Crippen LogP contribution in [0, 0.1) is 13.8 Å². The van der Waals surface area contributed by atoms with Gasteiger partial charge in [0.05, 0.1) is 7.11 Å². The summed E-state index contributed by atoms with van der Waals surface area (Å²) in [6.07, 6.45) is -0.567. The lowest BCUT2D eigenvalue weighted by molar-refractivity contribution is 0.224. The molecule has 2 nitrogen and oxygen atoms in total. The number of hydrogen-bond acceptors (Lipinski definition) is 4. The average Bonchev–Trinajstić information content (AvgIpc) is 2.98. The molecule has 3 aromatic rings. The summed E-state index contributed by atoms with van der Waals surface area (Å²) in [6.45, 7) is 4.02. The van der Waals surface area contributed by atoms with Gasteiger partial charge in [-0.15, -0.1) is 22.7 Å². The van der Waals surface area contributed by atoms with Crippen LogP contribution in [-0.4, -0.2) is 12.2 Å². The lowest BCUT2D eigenvalue weighted by Gasteiger charge is -2.14. The fraction of sp³-hybridized carbons (Fsp3) is 0.250. The Morgan fingerprint density at radius 1 is 1.10 bits per heavy atom. The predicted molar refractivity (Wildman–Crippen MR) is 86.2 cm³/mol. The summed E-state index contributed by atoms with van der Waals surface area (Å²) in [4.78, 5) is 0.996. The van der Waals surface area contributed by atoms with E-state index in [9.17, 15) is 5.11 Å². The largest absolute Gasteiger partial charge is 0.496 e. The van der Waals surface area contributed by atoms with Gasteiger partial charge in [0, 0.05) is 14.3 Å². The number of benzene rings is 1. The van der Waals surface area contributed by atoms with E-state index in [1.807, 2.05) is 26.0 Å². The van der Waals surface area contributed by atoms with Crippen molar-refractivity contribution in [2.24, 2.45) is 0 Å². The van der Waals surface area contributed by atoms with Gasteiger partial charge in [-0.1, -0.05) is 0 Å². The first-order valence-corrected chi connectivity index (χ1v) is 8.10. The maximum absolute atomic E-state index is 10.6. The summed E-state index contributed by atoms with van der Waals surface area (Å²) in [5.74, 6) is 0.896. The number of aryl methyl sites for hydroxylation is 2. The van der Waals surface area contributed by atoms with Gasteiger partial charge in [-0.3, -0.25) is 0 Å². The van der Waals surface area contributed by atoms with Crippen LogP contribution in [0.1, 0.15) is 27.7 Å². The van der Waals surface area contributed by atoms with Crippen LogP contribution in [-0.2, 0) is 0 Å². The Morgan fingerprint density at radius 2 is 1.80 bits per heavy atom. The second kappa shape index (κ2) is 5.20. The summed E-state index contributed by atoms with van der Waals surface area (Å²) in [7, 11) is 1.68. The quantitative estimate of drug-likeness (QED) is 0.762. The maximum Gasteiger partial charge on any atom is 0.124 e. The molecule has 0 saturated carbocycles. The highest BCUT2D eigenvalue weighted by Crippen LogP contribution is 2.37. The van der Waals surface area contributed by atoms with Crippen molar-refractivity contribution in [3.8, 4) is 5.75 Å². The highest BCUT2D eigenvalue weighted by atomic mass is 32.1. The number of aliphatic hydroxyl groups is 1. The van der Waals surface area contributed by atoms with Crippen molar-refractivity contribution in [3.63, 3.8) is 0 Å². The first-order valence-electron chi connectivity index (χ1n) is 6.40. The Bertz CT molecular complexity index is 703. The molecule has 0 fully saturated rings. The zero-order valence-corrected chi connectivity index (χ0v) is 13.3. The third-order valence-corrected chi connectivity index (χ3v) is 5.58. The molecular formula is C16H16O2S2. The van der Waals surface area contributed by atoms with Gasteiger partial charge in [0.2, 0.25) is 0 Å². The molecule has 2 aromatic heterocycles. The average molecular weight is 304 g/mol. The summed E-state index contributed by atoms with van der Waals surface area (Å²) in [5, 5.41) is 12.7. The zero-order valence-electron chi connectivity index (χ0n) is 11.6. The van der Waals surface area contributed by atoms with Crippen LogP contribution < -0.4 is 4.74 Å². The molecule has 20 heavy (non-hydrogen) atoms. The first kappa shape index (κ1) is 13.6. The standard InChI is InChI=1S/C16H16O2S2/c1-9-6-11(7-10(2)16(9)18-3)15(17)14-8-13-12(20-14)4-5-19-13/h4-8,15,17H,1-3H3. The van der Waals surface area contributed by atoms with E-state index in [0.717, 1.165) is 27.3 Å². The molecule has 0 saturated heterocycles. The highest BCUT2D eigenvalue weighted by Gasteiger charge is 2.16. The van der Waals surface area contributed by atoms with Crippen molar-refractivity contribution in [2.75, 3.05) is 7.11 Å². The van der Waals surface area contributed by atoms with Crippen LogP contribution in [0.3, 0.4) is 0 Å². The van der Waals surface area contributed by atoms with Crippen LogP contribution in [0.4, 0.5) is 0 Å². The van der Waals surface area contributed by atoms with Gasteiger partial charge in [-0.2, -0.15) is 0 Å². The molecule has 0 aliphatic heterocycles. The number of rotatable bonds is 3. The Hall–Kier alpha value is -1.36. The van der Waals surface area contributed by atoms with Gasteiger partial charge < -0.3 is 9.84 Å². The number of hydrogen-bond donors (Lipinski definition) is 1. The van der Waals surface area contributed by atoms with Gasteiger partial charge in [-0.25, -0.2) is 0 Å². The summed E-state index contributed by atoms with van der Waals surface area (Å²) < 4.78 is 7.86. The fourth-order valence-corrected chi connectivity index (χ4v) is 4.68. The first-order chi connectivity index (χ1) is 9.60. The molecule has 1 unspecified atom stereocenters. The molecule has 0 radical (unpaired) electrons. The van der Waals surface area contributed by atoms with E-state index in [1.165, 1.54) is 9.40 Å². The maximum atomic E-state index is 10.6. The number of methoxy groups -OCH3 is 1. The molecular weight excluding hydrogens is 288 g/mol. The minimum atomic E-state index is -0.567. The number of fused-ring (bicyclic) bond motifs is 1. The second-order valence-electron chi connectivity index (χ2n) is 4.89. The van der Waals surface area contributed by atoms with E-state index < -0.39 is 6.10 Å². The summed E-state index contributed by atoms with van der Waals surface area (Å²) in [5.41, 5.74) is 3.04. The highest BCUT2D eigenvalue weighted by molar-refractivity contribution is 7.26. The van der Waals surface area contributed by atoms with Crippen molar-refractivity contribution >= 4 is 32.1 Å². The molecule has 2 heterocycles. The van der Waals surface area contributed by atoms with E-state index >= 15 is 0 Å². The van der Waals surface area contributed by atoms with Crippen molar-refractivity contribution < 1.29 is 9.84 Å². The van der Waals surface area contributed by atoms with E-state index in [1.54, 1.807) is 29.8 Å². The van der Waals surface area contributed by atoms with E-state index in [-0.39, 0.29) is 0 Å². The van der Waals surface area contributed by atoms with Crippen molar-refractivity contribution in [3.05, 3.63) is 51.2 Å². The Balaban J connectivity index is 2.01. The smallest absolute Gasteiger partial charge is 0.124 e. The van der Waals surface area contributed by atoms with Crippen molar-refractivity contribution in [1.82, 2.24) is 0 Å². The topological polar surface area (TPSA) is 29.5 Å². The number of ether oxygens (including phenoxy) is 1. The lowest BCUT2D eigenvalue weighted by Crippen LogP contribution is -2.00. The van der Waals surface area contributed by atoms with Crippen LogP contribution in [0.25, 0.3) is 9.40 Å². The van der Waals surface area contributed by atoms with Gasteiger partial charge in [0.25, 0.3) is 0 Å². The molecule has 0 spiro atoms. The fourth-order valence-electron chi connectivity index (χ4n) is 2.55. The molecule has 104 valence electrons. The third-order valence-electron chi connectivity index (χ3n) is 3.43. The molecule has 1 atom stereocenters. The van der Waals surface area contributed by atoms with Gasteiger partial charge in [0.1, 0.15) is 11.9 Å². The molecule has 0 aliphatic carbocycles. The minimum absolute atomic E-state index is 0.567. The van der Waals surface area contributed by atoms with Crippen LogP contribution >= 0.6 is 22.7 Å². The van der Waals surface area contributed by atoms with Crippen molar-refractivity contribution in [2.45, 2.75) is 20.0 Å². The molecule has 1 N–H and O–H groups in total. The Labute approximate surface area is 126 Å². The molecule has 0 amide bonds. The SMILES string of the molecule is COc1c(C)cc(C(O)c2cc3sccc3s2)cc1C. The van der Waals surface area contributed by atoms with E-state index in [4.69, 9.17) is 4.74 Å². The second-order valence-corrected chi connectivity index (χ2v) is 6.95. The third kappa shape index (κ3) is 2.24. The van der Waals surface area contributed by atoms with Crippen LogP contribution in [0.15, 0.2) is 29.6 Å². The van der Waals surface area contributed by atoms with E-state index in [2.05, 4.69) is 17.5 Å². The molecule has 3 rings (SSSR count). The van der Waals surface area contributed by atoms with Crippen LogP contribution in [0.2, 0.25) is 0 Å². The normalized spacial score (nSPS) is 12.8. The van der Waals surface area contributed by atoms with Gasteiger partial charge in [0.15, 0.2) is 0 Å². The van der Waals surface area contributed by atoms with Gasteiger partial charge in [-0.05, 0) is 60.2 Å². The van der Waals surface area contributed by atoms with Crippen molar-refractivity contribution in [1.29, 1.82) is 0 Å². The summed E-state index contributed by atoms with van der Waals surface area (Å²) >= 11 is 3.37. The lowest BCUT2D eigenvalue weighted by atomic mass is 10.0. The molecule has 1 aromatic carbocycles.